The summed E-state index contributed by atoms with van der Waals surface area (Å²) in [5.41, 5.74) is 0.400. The zero-order valence-electron chi connectivity index (χ0n) is 7.06. The third-order valence-electron chi connectivity index (χ3n) is 1.39. The van der Waals surface area contributed by atoms with Crippen molar-refractivity contribution in [3.05, 3.63) is 24.0 Å². The Bertz CT molecular complexity index is 330. The van der Waals surface area contributed by atoms with E-state index in [0.29, 0.717) is 5.56 Å². The molecule has 1 amide bonds. The van der Waals surface area contributed by atoms with Crippen molar-refractivity contribution in [2.75, 3.05) is 0 Å². The molecule has 1 aromatic rings. The SMILES string of the molecule is C[C@@H](C#N)NC(=O)c1ccnnc1. The molecule has 0 saturated carbocycles. The van der Waals surface area contributed by atoms with Crippen LogP contribution in [0.5, 0.6) is 0 Å². The highest BCUT2D eigenvalue weighted by Gasteiger charge is 2.07. The first-order valence-electron chi connectivity index (χ1n) is 3.71. The quantitative estimate of drug-likeness (QED) is 0.694. The molecule has 0 aliphatic heterocycles. The van der Waals surface area contributed by atoms with Gasteiger partial charge in [0.05, 0.1) is 24.0 Å². The number of hydrogen-bond acceptors (Lipinski definition) is 4. The zero-order valence-corrected chi connectivity index (χ0v) is 7.06. The number of carbonyl (C=O) groups excluding carboxylic acids is 1. The van der Waals surface area contributed by atoms with Gasteiger partial charge in [-0.25, -0.2) is 0 Å². The van der Waals surface area contributed by atoms with Crippen LogP contribution >= 0.6 is 0 Å². The summed E-state index contributed by atoms with van der Waals surface area (Å²) in [5.74, 6) is -0.316. The van der Waals surface area contributed by atoms with Crippen LogP contribution in [0.3, 0.4) is 0 Å². The molecule has 0 spiro atoms. The lowest BCUT2D eigenvalue weighted by molar-refractivity contribution is 0.0947. The Hall–Kier alpha value is -1.96. The van der Waals surface area contributed by atoms with Crippen molar-refractivity contribution in [2.24, 2.45) is 0 Å². The fourth-order valence-corrected chi connectivity index (χ4v) is 0.737. The number of nitrogens with zero attached hydrogens (tertiary/aromatic N) is 3. The Morgan fingerprint density at radius 2 is 2.46 bits per heavy atom. The van der Waals surface area contributed by atoms with Gasteiger partial charge in [-0.2, -0.15) is 15.5 Å². The molecule has 1 heterocycles. The van der Waals surface area contributed by atoms with Crippen molar-refractivity contribution >= 4 is 5.91 Å². The second-order valence-corrected chi connectivity index (χ2v) is 2.46. The molecule has 1 N–H and O–H groups in total. The lowest BCUT2D eigenvalue weighted by Crippen LogP contribution is -2.31. The van der Waals surface area contributed by atoms with Gasteiger partial charge in [-0.15, -0.1) is 0 Å². The number of aromatic nitrogens is 2. The zero-order chi connectivity index (χ0) is 9.68. The molecular formula is C8H8N4O. The van der Waals surface area contributed by atoms with Crippen molar-refractivity contribution in [1.29, 1.82) is 5.26 Å². The van der Waals surface area contributed by atoms with E-state index in [-0.39, 0.29) is 5.91 Å². The Kier molecular flexibility index (Phi) is 2.92. The third kappa shape index (κ3) is 2.52. The molecule has 5 heteroatoms. The van der Waals surface area contributed by atoms with Gasteiger partial charge in [-0.1, -0.05) is 0 Å². The maximum Gasteiger partial charge on any atom is 0.253 e. The van der Waals surface area contributed by atoms with E-state index in [1.807, 2.05) is 6.07 Å². The first kappa shape index (κ1) is 9.13. The van der Waals surface area contributed by atoms with Gasteiger partial charge < -0.3 is 5.32 Å². The van der Waals surface area contributed by atoms with Gasteiger partial charge in [0.1, 0.15) is 6.04 Å². The van der Waals surface area contributed by atoms with Gasteiger partial charge in [0.15, 0.2) is 0 Å². The standard InChI is InChI=1S/C8H8N4O/c1-6(4-9)12-8(13)7-2-3-10-11-5-7/h2-3,5-6H,1H3,(H,12,13)/t6-/m0/s1. The molecule has 0 saturated heterocycles. The molecule has 1 atom stereocenters. The van der Waals surface area contributed by atoms with Gasteiger partial charge in [-0.05, 0) is 13.0 Å². The first-order chi connectivity index (χ1) is 6.24. The summed E-state index contributed by atoms with van der Waals surface area (Å²) in [4.78, 5) is 11.3. The van der Waals surface area contributed by atoms with Gasteiger partial charge in [0, 0.05) is 0 Å². The van der Waals surface area contributed by atoms with Crippen LogP contribution in [0.4, 0.5) is 0 Å². The Morgan fingerprint density at radius 3 is 3.00 bits per heavy atom. The molecule has 66 valence electrons. The number of hydrogen-bond donors (Lipinski definition) is 1. The minimum Gasteiger partial charge on any atom is -0.336 e. The molecular weight excluding hydrogens is 168 g/mol. The molecule has 0 aliphatic rings. The van der Waals surface area contributed by atoms with Crippen molar-refractivity contribution in [1.82, 2.24) is 15.5 Å². The number of nitriles is 1. The van der Waals surface area contributed by atoms with Crippen molar-refractivity contribution in [2.45, 2.75) is 13.0 Å². The summed E-state index contributed by atoms with van der Waals surface area (Å²) in [6.45, 7) is 1.60. The molecule has 5 nitrogen and oxygen atoms in total. The summed E-state index contributed by atoms with van der Waals surface area (Å²) in [5, 5.41) is 18.0. The second kappa shape index (κ2) is 4.16. The largest absolute Gasteiger partial charge is 0.336 e. The van der Waals surface area contributed by atoms with Crippen LogP contribution in [0, 0.1) is 11.3 Å². The van der Waals surface area contributed by atoms with Crippen LogP contribution in [-0.4, -0.2) is 22.1 Å². The van der Waals surface area contributed by atoms with Crippen LogP contribution in [-0.2, 0) is 0 Å². The molecule has 0 unspecified atom stereocenters. The van der Waals surface area contributed by atoms with E-state index in [1.54, 1.807) is 6.92 Å². The molecule has 1 rings (SSSR count). The van der Waals surface area contributed by atoms with Crippen LogP contribution in [0.2, 0.25) is 0 Å². The number of rotatable bonds is 2. The third-order valence-corrected chi connectivity index (χ3v) is 1.39. The maximum atomic E-state index is 11.3. The van der Waals surface area contributed by atoms with E-state index in [4.69, 9.17) is 5.26 Å². The molecule has 0 radical (unpaired) electrons. The number of amides is 1. The van der Waals surface area contributed by atoms with Crippen molar-refractivity contribution in [3.8, 4) is 6.07 Å². The summed E-state index contributed by atoms with van der Waals surface area (Å²) in [7, 11) is 0. The van der Waals surface area contributed by atoms with E-state index in [9.17, 15) is 4.79 Å². The Balaban J connectivity index is 2.66. The predicted octanol–water partition coefficient (Wildman–Crippen LogP) is 0.118. The molecule has 0 bridgehead atoms. The van der Waals surface area contributed by atoms with Crippen LogP contribution in [0.15, 0.2) is 18.5 Å². The first-order valence-corrected chi connectivity index (χ1v) is 3.71. The van der Waals surface area contributed by atoms with Crippen LogP contribution in [0.25, 0.3) is 0 Å². The highest BCUT2D eigenvalue weighted by molar-refractivity contribution is 5.94. The molecule has 0 aliphatic carbocycles. The Labute approximate surface area is 75.4 Å². The second-order valence-electron chi connectivity index (χ2n) is 2.46. The topological polar surface area (TPSA) is 78.7 Å². The van der Waals surface area contributed by atoms with Crippen molar-refractivity contribution in [3.63, 3.8) is 0 Å². The summed E-state index contributed by atoms with van der Waals surface area (Å²) in [6.07, 6.45) is 2.77. The normalized spacial score (nSPS) is 11.4. The highest BCUT2D eigenvalue weighted by atomic mass is 16.1. The lowest BCUT2D eigenvalue weighted by Gasteiger charge is -2.04. The minimum atomic E-state index is -0.499. The van der Waals surface area contributed by atoms with E-state index >= 15 is 0 Å². The van der Waals surface area contributed by atoms with E-state index in [2.05, 4.69) is 15.5 Å². The average molecular weight is 176 g/mol. The lowest BCUT2D eigenvalue weighted by atomic mass is 10.2. The molecule has 0 fully saturated rings. The fraction of sp³-hybridized carbons (Fsp3) is 0.250. The van der Waals surface area contributed by atoms with Gasteiger partial charge >= 0.3 is 0 Å². The number of nitrogens with one attached hydrogen (secondary N) is 1. The highest BCUT2D eigenvalue weighted by Crippen LogP contribution is 1.94. The van der Waals surface area contributed by atoms with Crippen LogP contribution in [0.1, 0.15) is 17.3 Å². The van der Waals surface area contributed by atoms with Gasteiger partial charge in [0.25, 0.3) is 5.91 Å². The monoisotopic (exact) mass is 176 g/mol. The van der Waals surface area contributed by atoms with E-state index in [1.165, 1.54) is 18.5 Å². The van der Waals surface area contributed by atoms with Crippen molar-refractivity contribution < 1.29 is 4.79 Å². The molecule has 13 heavy (non-hydrogen) atoms. The fourth-order valence-electron chi connectivity index (χ4n) is 0.737. The average Bonchev–Trinajstić information content (AvgIpc) is 2.19. The van der Waals surface area contributed by atoms with Gasteiger partial charge in [-0.3, -0.25) is 4.79 Å². The van der Waals surface area contributed by atoms with Crippen LogP contribution < -0.4 is 5.32 Å². The maximum absolute atomic E-state index is 11.3. The van der Waals surface area contributed by atoms with E-state index < -0.39 is 6.04 Å². The molecule has 1 aromatic heterocycles. The van der Waals surface area contributed by atoms with E-state index in [0.717, 1.165) is 0 Å². The summed E-state index contributed by atoms with van der Waals surface area (Å²) < 4.78 is 0. The summed E-state index contributed by atoms with van der Waals surface area (Å²) in [6, 6.07) is 2.93. The minimum absolute atomic E-state index is 0.316. The Morgan fingerprint density at radius 1 is 1.69 bits per heavy atom. The van der Waals surface area contributed by atoms with Gasteiger partial charge in [0.2, 0.25) is 0 Å². The summed E-state index contributed by atoms with van der Waals surface area (Å²) >= 11 is 0. The molecule has 0 aromatic carbocycles. The predicted molar refractivity (Wildman–Crippen MR) is 44.6 cm³/mol. The number of carbonyl (C=O) groups is 1. The smallest absolute Gasteiger partial charge is 0.253 e.